The maximum Gasteiger partial charge on any atom is 0.251 e. The average molecular weight is 459 g/mol. The second-order valence-electron chi connectivity index (χ2n) is 7.44. The molecule has 2 aromatic rings. The summed E-state index contributed by atoms with van der Waals surface area (Å²) in [5.41, 5.74) is 2.21. The largest absolute Gasteiger partial charge is 0.493 e. The van der Waals surface area contributed by atoms with Gasteiger partial charge in [0.15, 0.2) is 0 Å². The number of halogens is 1. The molecular formula is C23H27BrN2O3. The second-order valence-corrected chi connectivity index (χ2v) is 8.36. The Bertz CT molecular complexity index is 863. The Labute approximate surface area is 180 Å². The van der Waals surface area contributed by atoms with Gasteiger partial charge in [0.25, 0.3) is 5.91 Å². The van der Waals surface area contributed by atoms with E-state index in [2.05, 4.69) is 26.6 Å². The Balaban J connectivity index is 1.49. The fraction of sp³-hybridized carbons (Fsp3) is 0.391. The van der Waals surface area contributed by atoms with Crippen molar-refractivity contribution in [2.75, 3.05) is 11.9 Å². The van der Waals surface area contributed by atoms with Crippen molar-refractivity contribution in [2.45, 2.75) is 51.5 Å². The fourth-order valence-electron chi connectivity index (χ4n) is 3.49. The van der Waals surface area contributed by atoms with Gasteiger partial charge in [0.05, 0.1) is 13.0 Å². The second kappa shape index (κ2) is 10.4. The van der Waals surface area contributed by atoms with Gasteiger partial charge in [0.2, 0.25) is 5.91 Å². The number of benzene rings is 2. The smallest absolute Gasteiger partial charge is 0.251 e. The Hall–Kier alpha value is -2.34. The van der Waals surface area contributed by atoms with E-state index in [0.717, 1.165) is 28.6 Å². The van der Waals surface area contributed by atoms with Crippen molar-refractivity contribution in [2.24, 2.45) is 0 Å². The Morgan fingerprint density at radius 2 is 1.90 bits per heavy atom. The van der Waals surface area contributed by atoms with Gasteiger partial charge in [0, 0.05) is 21.8 Å². The van der Waals surface area contributed by atoms with Crippen molar-refractivity contribution in [1.82, 2.24) is 5.32 Å². The van der Waals surface area contributed by atoms with Crippen LogP contribution in [0.25, 0.3) is 0 Å². The van der Waals surface area contributed by atoms with Gasteiger partial charge in [-0.15, -0.1) is 0 Å². The quantitative estimate of drug-likeness (QED) is 0.596. The number of carbonyl (C=O) groups is 2. The van der Waals surface area contributed by atoms with E-state index in [1.165, 1.54) is 19.3 Å². The number of anilines is 1. The third-order valence-corrected chi connectivity index (χ3v) is 5.59. The van der Waals surface area contributed by atoms with Gasteiger partial charge in [0.1, 0.15) is 5.75 Å². The van der Waals surface area contributed by atoms with Crippen LogP contribution in [0.1, 0.15) is 54.4 Å². The van der Waals surface area contributed by atoms with E-state index < -0.39 is 0 Å². The fourth-order valence-corrected chi connectivity index (χ4v) is 3.87. The summed E-state index contributed by atoms with van der Waals surface area (Å²) in [6.07, 6.45) is 5.98. The summed E-state index contributed by atoms with van der Waals surface area (Å²) in [5, 5.41) is 6.02. The lowest BCUT2D eigenvalue weighted by Gasteiger charge is -2.23. The summed E-state index contributed by atoms with van der Waals surface area (Å²) in [5.74, 6) is 0.555. The van der Waals surface area contributed by atoms with Crippen molar-refractivity contribution in [3.05, 3.63) is 58.1 Å². The van der Waals surface area contributed by atoms with Crippen LogP contribution in [0.4, 0.5) is 5.69 Å². The average Bonchev–Trinajstić information content (AvgIpc) is 2.70. The molecule has 3 rings (SSSR count). The van der Waals surface area contributed by atoms with Gasteiger partial charge in [-0.25, -0.2) is 0 Å². The lowest BCUT2D eigenvalue weighted by atomic mass is 9.95. The van der Waals surface area contributed by atoms with Crippen LogP contribution in [0.5, 0.6) is 5.75 Å². The third-order valence-electron chi connectivity index (χ3n) is 5.10. The maximum absolute atomic E-state index is 12.5. The highest BCUT2D eigenvalue weighted by molar-refractivity contribution is 9.10. The Kier molecular flexibility index (Phi) is 7.69. The summed E-state index contributed by atoms with van der Waals surface area (Å²) in [4.78, 5) is 24.7. The van der Waals surface area contributed by atoms with Crippen molar-refractivity contribution >= 4 is 33.4 Å². The molecule has 0 radical (unpaired) electrons. The van der Waals surface area contributed by atoms with Crippen LogP contribution in [-0.2, 0) is 4.79 Å². The maximum atomic E-state index is 12.5. The third kappa shape index (κ3) is 6.60. The molecule has 0 heterocycles. The van der Waals surface area contributed by atoms with E-state index in [0.29, 0.717) is 17.9 Å². The van der Waals surface area contributed by atoms with Crippen LogP contribution >= 0.6 is 15.9 Å². The molecule has 2 N–H and O–H groups in total. The van der Waals surface area contributed by atoms with E-state index in [4.69, 9.17) is 4.74 Å². The molecule has 6 heteroatoms. The molecule has 0 spiro atoms. The lowest BCUT2D eigenvalue weighted by Crippen LogP contribution is -2.36. The SMILES string of the molecule is Cc1cc(C(=O)NC2CCCCC2)ccc1NC(=O)CCOc1cccc(Br)c1. The van der Waals surface area contributed by atoms with E-state index >= 15 is 0 Å². The summed E-state index contributed by atoms with van der Waals surface area (Å²) in [7, 11) is 0. The molecule has 1 aliphatic carbocycles. The van der Waals surface area contributed by atoms with Crippen molar-refractivity contribution < 1.29 is 14.3 Å². The Morgan fingerprint density at radius 3 is 2.62 bits per heavy atom. The van der Waals surface area contributed by atoms with Gasteiger partial charge < -0.3 is 15.4 Å². The van der Waals surface area contributed by atoms with Crippen molar-refractivity contribution in [3.8, 4) is 5.75 Å². The van der Waals surface area contributed by atoms with E-state index in [1.807, 2.05) is 37.3 Å². The van der Waals surface area contributed by atoms with Gasteiger partial charge in [-0.05, 0) is 61.7 Å². The van der Waals surface area contributed by atoms with Crippen LogP contribution in [0.3, 0.4) is 0 Å². The topological polar surface area (TPSA) is 67.4 Å². The van der Waals surface area contributed by atoms with Gasteiger partial charge >= 0.3 is 0 Å². The molecule has 0 aliphatic heterocycles. The molecular weight excluding hydrogens is 432 g/mol. The standard InChI is InChI=1S/C23H27BrN2O3/c1-16-14-17(23(28)25-19-7-3-2-4-8-19)10-11-21(16)26-22(27)12-13-29-20-9-5-6-18(24)15-20/h5-6,9-11,14-15,19H,2-4,7-8,12-13H2,1H3,(H,25,28)(H,26,27). The number of rotatable bonds is 7. The molecule has 2 amide bonds. The number of carbonyl (C=O) groups excluding carboxylic acids is 2. The minimum Gasteiger partial charge on any atom is -0.493 e. The lowest BCUT2D eigenvalue weighted by molar-refractivity contribution is -0.116. The van der Waals surface area contributed by atoms with Crippen molar-refractivity contribution in [3.63, 3.8) is 0 Å². The first-order valence-corrected chi connectivity index (χ1v) is 10.9. The first kappa shape index (κ1) is 21.4. The molecule has 2 aromatic carbocycles. The number of nitrogens with one attached hydrogen (secondary N) is 2. The van der Waals surface area contributed by atoms with Crippen LogP contribution in [0.15, 0.2) is 46.9 Å². The molecule has 1 aliphatic rings. The number of hydrogen-bond donors (Lipinski definition) is 2. The van der Waals surface area contributed by atoms with Crippen LogP contribution in [0.2, 0.25) is 0 Å². The van der Waals surface area contributed by atoms with Crippen molar-refractivity contribution in [1.29, 1.82) is 0 Å². The summed E-state index contributed by atoms with van der Waals surface area (Å²) < 4.78 is 6.54. The van der Waals surface area contributed by atoms with Crippen LogP contribution in [0, 0.1) is 6.92 Å². The first-order valence-electron chi connectivity index (χ1n) is 10.1. The zero-order valence-electron chi connectivity index (χ0n) is 16.7. The Morgan fingerprint density at radius 1 is 1.10 bits per heavy atom. The number of aryl methyl sites for hydroxylation is 1. The number of ether oxygens (including phenoxy) is 1. The highest BCUT2D eigenvalue weighted by Gasteiger charge is 2.17. The minimum absolute atomic E-state index is 0.0414. The molecule has 5 nitrogen and oxygen atoms in total. The van der Waals surface area contributed by atoms with Crippen LogP contribution < -0.4 is 15.4 Å². The molecule has 0 bridgehead atoms. The van der Waals surface area contributed by atoms with Gasteiger partial charge in [-0.3, -0.25) is 9.59 Å². The van der Waals surface area contributed by atoms with E-state index in [-0.39, 0.29) is 24.3 Å². The molecule has 0 saturated heterocycles. The molecule has 1 fully saturated rings. The molecule has 0 atom stereocenters. The normalized spacial score (nSPS) is 14.3. The molecule has 0 aromatic heterocycles. The monoisotopic (exact) mass is 458 g/mol. The first-order chi connectivity index (χ1) is 14.0. The van der Waals surface area contributed by atoms with E-state index in [9.17, 15) is 9.59 Å². The van der Waals surface area contributed by atoms with Gasteiger partial charge in [-0.1, -0.05) is 41.3 Å². The van der Waals surface area contributed by atoms with Gasteiger partial charge in [-0.2, -0.15) is 0 Å². The number of hydrogen-bond acceptors (Lipinski definition) is 3. The minimum atomic E-state index is -0.123. The van der Waals surface area contributed by atoms with Crippen LogP contribution in [-0.4, -0.2) is 24.5 Å². The zero-order chi connectivity index (χ0) is 20.6. The summed E-state index contributed by atoms with van der Waals surface area (Å²) in [6.45, 7) is 2.19. The zero-order valence-corrected chi connectivity index (χ0v) is 18.3. The highest BCUT2D eigenvalue weighted by atomic mass is 79.9. The predicted molar refractivity (Wildman–Crippen MR) is 118 cm³/mol. The molecule has 154 valence electrons. The summed E-state index contributed by atoms with van der Waals surface area (Å²) in [6, 6.07) is 13.2. The molecule has 29 heavy (non-hydrogen) atoms. The highest BCUT2D eigenvalue weighted by Crippen LogP contribution is 2.21. The van der Waals surface area contributed by atoms with E-state index in [1.54, 1.807) is 12.1 Å². The number of amides is 2. The molecule has 1 saturated carbocycles. The summed E-state index contributed by atoms with van der Waals surface area (Å²) >= 11 is 3.39. The predicted octanol–water partition coefficient (Wildman–Crippen LogP) is 5.23. The molecule has 0 unspecified atom stereocenters.